The maximum atomic E-state index is 12.2. The van der Waals surface area contributed by atoms with Crippen LogP contribution in [-0.4, -0.2) is 12.5 Å². The molecule has 2 rings (SSSR count). The third kappa shape index (κ3) is 3.50. The van der Waals surface area contributed by atoms with E-state index in [2.05, 4.69) is 17.2 Å². The molecule has 0 aliphatic carbocycles. The highest BCUT2D eigenvalue weighted by Crippen LogP contribution is 2.09. The molecule has 20 heavy (non-hydrogen) atoms. The second kappa shape index (κ2) is 6.60. The molecule has 4 nitrogen and oxygen atoms in total. The Kier molecular flexibility index (Phi) is 4.59. The number of amides is 1. The zero-order valence-electron chi connectivity index (χ0n) is 11.3. The average molecular weight is 268 g/mol. The number of nitrogens with one attached hydrogen (secondary N) is 1. The quantitative estimate of drug-likeness (QED) is 0.834. The first-order valence-corrected chi connectivity index (χ1v) is 6.32. The molecular weight excluding hydrogens is 252 g/mol. The minimum absolute atomic E-state index is 0.180. The molecule has 0 saturated heterocycles. The van der Waals surface area contributed by atoms with Crippen molar-refractivity contribution in [1.82, 2.24) is 5.32 Å². The summed E-state index contributed by atoms with van der Waals surface area (Å²) in [4.78, 5) is 12.2. The van der Waals surface area contributed by atoms with Crippen LogP contribution >= 0.6 is 0 Å². The lowest BCUT2D eigenvalue weighted by atomic mass is 10.1. The van der Waals surface area contributed by atoms with Gasteiger partial charge in [-0.3, -0.25) is 4.79 Å². The molecule has 1 aromatic carbocycles. The molecule has 4 heteroatoms. The summed E-state index contributed by atoms with van der Waals surface area (Å²) in [5, 5.41) is 2.81. The van der Waals surface area contributed by atoms with Gasteiger partial charge in [-0.25, -0.2) is 0 Å². The van der Waals surface area contributed by atoms with Crippen molar-refractivity contribution in [2.24, 2.45) is 5.73 Å². The summed E-state index contributed by atoms with van der Waals surface area (Å²) in [5.41, 5.74) is 6.56. The zero-order chi connectivity index (χ0) is 14.4. The van der Waals surface area contributed by atoms with Crippen LogP contribution in [0.5, 0.6) is 0 Å². The van der Waals surface area contributed by atoms with E-state index in [1.165, 1.54) is 0 Å². The molecule has 2 aromatic rings. The molecule has 1 heterocycles. The first-order valence-electron chi connectivity index (χ1n) is 6.32. The maximum Gasteiger partial charge on any atom is 0.252 e. The van der Waals surface area contributed by atoms with Crippen molar-refractivity contribution in [2.75, 3.05) is 6.54 Å². The molecule has 0 saturated carbocycles. The van der Waals surface area contributed by atoms with Crippen molar-refractivity contribution in [3.63, 3.8) is 0 Å². The normalized spacial score (nSPS) is 9.70. The van der Waals surface area contributed by atoms with Gasteiger partial charge in [0.05, 0.1) is 18.7 Å². The fourth-order valence-corrected chi connectivity index (χ4v) is 1.78. The number of carbonyl (C=O) groups excluding carboxylic acids is 1. The Balaban J connectivity index is 2.09. The summed E-state index contributed by atoms with van der Waals surface area (Å²) < 4.78 is 5.41. The lowest BCUT2D eigenvalue weighted by molar-refractivity contribution is 0.0947. The number of furan rings is 1. The Hall–Kier alpha value is -2.51. The smallest absolute Gasteiger partial charge is 0.252 e. The highest BCUT2D eigenvalue weighted by molar-refractivity contribution is 5.96. The van der Waals surface area contributed by atoms with Gasteiger partial charge in [-0.05, 0) is 31.2 Å². The summed E-state index contributed by atoms with van der Waals surface area (Å²) in [5.74, 6) is 7.02. The Labute approximate surface area is 118 Å². The van der Waals surface area contributed by atoms with E-state index in [-0.39, 0.29) is 12.5 Å². The van der Waals surface area contributed by atoms with Crippen LogP contribution in [0.4, 0.5) is 0 Å². The predicted octanol–water partition coefficient (Wildman–Crippen LogP) is 1.83. The number of hydrogen-bond donors (Lipinski definition) is 2. The molecule has 1 aromatic heterocycles. The topological polar surface area (TPSA) is 68.3 Å². The first-order chi connectivity index (χ1) is 9.70. The van der Waals surface area contributed by atoms with Gasteiger partial charge in [0.15, 0.2) is 0 Å². The monoisotopic (exact) mass is 268 g/mol. The predicted molar refractivity (Wildman–Crippen MR) is 77.0 cm³/mol. The van der Waals surface area contributed by atoms with Crippen LogP contribution in [0.25, 0.3) is 0 Å². The van der Waals surface area contributed by atoms with Crippen molar-refractivity contribution in [1.29, 1.82) is 0 Å². The van der Waals surface area contributed by atoms with Gasteiger partial charge in [-0.15, -0.1) is 0 Å². The molecule has 0 spiro atoms. The van der Waals surface area contributed by atoms with Gasteiger partial charge in [-0.2, -0.15) is 0 Å². The summed E-state index contributed by atoms with van der Waals surface area (Å²) >= 11 is 0. The van der Waals surface area contributed by atoms with E-state index in [1.807, 2.05) is 25.1 Å². The molecule has 1 amide bonds. The second-order valence-corrected chi connectivity index (χ2v) is 4.25. The molecule has 0 unspecified atom stereocenters. The number of aryl methyl sites for hydroxylation is 1. The number of carbonyl (C=O) groups is 1. The SMILES string of the molecule is Cc1ccc(CNC(=O)c2ccccc2C#CCN)o1. The molecule has 0 atom stereocenters. The van der Waals surface area contributed by atoms with Crippen LogP contribution in [0.15, 0.2) is 40.8 Å². The molecule has 0 aliphatic heterocycles. The van der Waals surface area contributed by atoms with Crippen LogP contribution in [0, 0.1) is 18.8 Å². The lowest BCUT2D eigenvalue weighted by Gasteiger charge is -2.05. The van der Waals surface area contributed by atoms with E-state index in [4.69, 9.17) is 10.2 Å². The van der Waals surface area contributed by atoms with Crippen molar-refractivity contribution >= 4 is 5.91 Å². The van der Waals surface area contributed by atoms with Gasteiger partial charge >= 0.3 is 0 Å². The molecule has 0 fully saturated rings. The number of hydrogen-bond acceptors (Lipinski definition) is 3. The van der Waals surface area contributed by atoms with E-state index >= 15 is 0 Å². The van der Waals surface area contributed by atoms with Crippen LogP contribution in [-0.2, 0) is 6.54 Å². The lowest BCUT2D eigenvalue weighted by Crippen LogP contribution is -2.23. The fraction of sp³-hybridized carbons (Fsp3) is 0.188. The molecular formula is C16H16N2O2. The van der Waals surface area contributed by atoms with Crippen molar-refractivity contribution in [3.05, 3.63) is 59.0 Å². The highest BCUT2D eigenvalue weighted by atomic mass is 16.3. The zero-order valence-corrected chi connectivity index (χ0v) is 11.3. The largest absolute Gasteiger partial charge is 0.465 e. The molecule has 0 bridgehead atoms. The molecule has 102 valence electrons. The third-order valence-corrected chi connectivity index (χ3v) is 2.72. The van der Waals surface area contributed by atoms with Crippen LogP contribution in [0.2, 0.25) is 0 Å². The highest BCUT2D eigenvalue weighted by Gasteiger charge is 2.10. The van der Waals surface area contributed by atoms with Gasteiger partial charge in [0.2, 0.25) is 0 Å². The van der Waals surface area contributed by atoms with Gasteiger partial charge in [0, 0.05) is 5.56 Å². The standard InChI is InChI=1S/C16H16N2O2/c1-12-8-9-14(20-12)11-18-16(19)15-7-3-2-5-13(15)6-4-10-17/h2-3,5,7-9H,10-11,17H2,1H3,(H,18,19). The van der Waals surface area contributed by atoms with Crippen LogP contribution < -0.4 is 11.1 Å². The van der Waals surface area contributed by atoms with E-state index in [0.29, 0.717) is 17.7 Å². The number of benzene rings is 1. The summed E-state index contributed by atoms with van der Waals surface area (Å²) in [6.45, 7) is 2.48. The Morgan fingerprint density at radius 2 is 2.10 bits per heavy atom. The first kappa shape index (κ1) is 13.9. The van der Waals surface area contributed by atoms with E-state index in [9.17, 15) is 4.79 Å². The third-order valence-electron chi connectivity index (χ3n) is 2.72. The van der Waals surface area contributed by atoms with Crippen molar-refractivity contribution < 1.29 is 9.21 Å². The summed E-state index contributed by atoms with van der Waals surface area (Å²) in [7, 11) is 0. The minimum Gasteiger partial charge on any atom is -0.465 e. The van der Waals surface area contributed by atoms with E-state index in [0.717, 1.165) is 11.5 Å². The van der Waals surface area contributed by atoms with Gasteiger partial charge in [-0.1, -0.05) is 24.0 Å². The average Bonchev–Trinajstić information content (AvgIpc) is 2.88. The second-order valence-electron chi connectivity index (χ2n) is 4.25. The molecule has 0 radical (unpaired) electrons. The fourth-order valence-electron chi connectivity index (χ4n) is 1.78. The molecule has 3 N–H and O–H groups in total. The summed E-state index contributed by atoms with van der Waals surface area (Å²) in [6, 6.07) is 10.9. The van der Waals surface area contributed by atoms with Crippen LogP contribution in [0.1, 0.15) is 27.4 Å². The maximum absolute atomic E-state index is 12.2. The number of rotatable bonds is 3. The Bertz CT molecular complexity index is 662. The van der Waals surface area contributed by atoms with Crippen molar-refractivity contribution in [2.45, 2.75) is 13.5 Å². The Morgan fingerprint density at radius 1 is 1.30 bits per heavy atom. The van der Waals surface area contributed by atoms with Crippen molar-refractivity contribution in [3.8, 4) is 11.8 Å². The van der Waals surface area contributed by atoms with E-state index in [1.54, 1.807) is 18.2 Å². The molecule has 0 aliphatic rings. The van der Waals surface area contributed by atoms with Crippen LogP contribution in [0.3, 0.4) is 0 Å². The van der Waals surface area contributed by atoms with Gasteiger partial charge in [0.25, 0.3) is 5.91 Å². The Morgan fingerprint density at radius 3 is 2.80 bits per heavy atom. The summed E-state index contributed by atoms with van der Waals surface area (Å²) in [6.07, 6.45) is 0. The van der Waals surface area contributed by atoms with Gasteiger partial charge in [0.1, 0.15) is 11.5 Å². The minimum atomic E-state index is -0.180. The number of nitrogens with two attached hydrogens (primary N) is 1. The van der Waals surface area contributed by atoms with Gasteiger partial charge < -0.3 is 15.5 Å². The van der Waals surface area contributed by atoms with E-state index < -0.39 is 0 Å².